The minimum atomic E-state index is -0.466. The molecule has 30 heavy (non-hydrogen) atoms. The lowest BCUT2D eigenvalue weighted by Gasteiger charge is -2.29. The number of carbonyl (C=O) groups is 2. The molecule has 0 spiro atoms. The van der Waals surface area contributed by atoms with Gasteiger partial charge in [0.05, 0.1) is 5.69 Å². The summed E-state index contributed by atoms with van der Waals surface area (Å²) < 4.78 is 0. The van der Waals surface area contributed by atoms with E-state index in [1.165, 1.54) is 35.4 Å². The fourth-order valence-corrected chi connectivity index (χ4v) is 4.15. The normalized spacial score (nSPS) is 18.7. The quantitative estimate of drug-likeness (QED) is 0.461. The van der Waals surface area contributed by atoms with E-state index in [2.05, 4.69) is 29.3 Å². The molecular weight excluding hydrogens is 394 g/mol. The number of amides is 2. The third-order valence-corrected chi connectivity index (χ3v) is 5.91. The van der Waals surface area contributed by atoms with Crippen molar-refractivity contribution in [3.63, 3.8) is 0 Å². The van der Waals surface area contributed by atoms with Crippen LogP contribution in [0.15, 0.2) is 54.1 Å². The van der Waals surface area contributed by atoms with Crippen molar-refractivity contribution in [1.29, 1.82) is 0 Å². The van der Waals surface area contributed by atoms with Crippen LogP contribution in [0.1, 0.15) is 37.3 Å². The van der Waals surface area contributed by atoms with Crippen molar-refractivity contribution in [2.45, 2.75) is 32.6 Å². The van der Waals surface area contributed by atoms with Crippen LogP contribution in [0.5, 0.6) is 0 Å². The van der Waals surface area contributed by atoms with E-state index in [4.69, 9.17) is 12.2 Å². The lowest BCUT2D eigenvalue weighted by Crippen LogP contribution is -2.54. The van der Waals surface area contributed by atoms with Crippen molar-refractivity contribution in [2.24, 2.45) is 0 Å². The summed E-state index contributed by atoms with van der Waals surface area (Å²) >= 11 is 5.27. The van der Waals surface area contributed by atoms with Crippen molar-refractivity contribution >= 4 is 46.6 Å². The van der Waals surface area contributed by atoms with Crippen LogP contribution in [-0.4, -0.2) is 30.0 Å². The number of hydrogen-bond acceptors (Lipinski definition) is 4. The summed E-state index contributed by atoms with van der Waals surface area (Å²) in [6.45, 7) is 4.22. The molecule has 6 heteroatoms. The molecule has 4 rings (SSSR count). The molecule has 2 amide bonds. The molecule has 2 aliphatic rings. The summed E-state index contributed by atoms with van der Waals surface area (Å²) in [4.78, 5) is 29.4. The van der Waals surface area contributed by atoms with Gasteiger partial charge in [0.1, 0.15) is 5.57 Å². The maximum absolute atomic E-state index is 13.1. The highest BCUT2D eigenvalue weighted by Crippen LogP contribution is 2.24. The highest BCUT2D eigenvalue weighted by atomic mass is 32.1. The summed E-state index contributed by atoms with van der Waals surface area (Å²) in [5.41, 5.74) is 3.88. The number of thiocarbonyl (C=S) groups is 1. The number of nitrogens with zero attached hydrogens (tertiary/aromatic N) is 2. The van der Waals surface area contributed by atoms with Crippen molar-refractivity contribution in [3.05, 3.63) is 65.2 Å². The van der Waals surface area contributed by atoms with Gasteiger partial charge >= 0.3 is 0 Å². The smallest absolute Gasteiger partial charge is 0.270 e. The standard InChI is InChI=1S/C24H25N3O2S/c1-2-17-6-12-20(13-7-17)27-23(29)21(22(28)25-24(27)30)16-18-8-10-19(11-9-18)26-14-4-3-5-15-26/h6-13,16H,2-5,14-15H2,1H3,(H,25,28,30)/b21-16+. The Bertz CT molecular complexity index is 990. The van der Waals surface area contributed by atoms with Crippen LogP contribution in [0, 0.1) is 0 Å². The van der Waals surface area contributed by atoms with Gasteiger partial charge in [-0.2, -0.15) is 0 Å². The summed E-state index contributed by atoms with van der Waals surface area (Å²) in [7, 11) is 0. The number of benzene rings is 2. The number of hydrogen-bond donors (Lipinski definition) is 1. The Balaban J connectivity index is 1.58. The van der Waals surface area contributed by atoms with Crippen LogP contribution in [-0.2, 0) is 16.0 Å². The molecule has 0 atom stereocenters. The fraction of sp³-hybridized carbons (Fsp3) is 0.292. The molecule has 2 aromatic rings. The number of anilines is 2. The van der Waals surface area contributed by atoms with E-state index in [9.17, 15) is 9.59 Å². The van der Waals surface area contributed by atoms with Crippen molar-refractivity contribution < 1.29 is 9.59 Å². The molecule has 154 valence electrons. The molecule has 0 aliphatic carbocycles. The molecule has 1 N–H and O–H groups in total. The number of rotatable bonds is 4. The molecule has 2 fully saturated rings. The van der Waals surface area contributed by atoms with Gasteiger partial charge in [0, 0.05) is 18.8 Å². The molecule has 2 aliphatic heterocycles. The first-order valence-electron chi connectivity index (χ1n) is 10.4. The van der Waals surface area contributed by atoms with Gasteiger partial charge in [-0.3, -0.25) is 19.8 Å². The van der Waals surface area contributed by atoms with Crippen LogP contribution in [0.2, 0.25) is 0 Å². The van der Waals surface area contributed by atoms with E-state index in [0.717, 1.165) is 25.1 Å². The predicted molar refractivity (Wildman–Crippen MR) is 125 cm³/mol. The SMILES string of the molecule is CCc1ccc(N2C(=O)/C(=C/c3ccc(N4CCCCC4)cc3)C(=O)NC2=S)cc1. The molecule has 2 aromatic carbocycles. The van der Waals surface area contributed by atoms with Crippen molar-refractivity contribution in [1.82, 2.24) is 5.32 Å². The molecule has 5 nitrogen and oxygen atoms in total. The first kappa shape index (κ1) is 20.3. The molecule has 2 saturated heterocycles. The molecular formula is C24H25N3O2S. The van der Waals surface area contributed by atoms with E-state index >= 15 is 0 Å². The monoisotopic (exact) mass is 419 g/mol. The summed E-state index contributed by atoms with van der Waals surface area (Å²) in [6.07, 6.45) is 6.27. The fourth-order valence-electron chi connectivity index (χ4n) is 3.87. The second-order valence-corrected chi connectivity index (χ2v) is 8.00. The van der Waals surface area contributed by atoms with Gasteiger partial charge in [0.2, 0.25) is 0 Å². The Labute approximate surface area is 182 Å². The zero-order valence-corrected chi connectivity index (χ0v) is 17.9. The van der Waals surface area contributed by atoms with Crippen LogP contribution in [0.3, 0.4) is 0 Å². The third-order valence-electron chi connectivity index (χ3n) is 5.63. The second-order valence-electron chi connectivity index (χ2n) is 7.62. The Kier molecular flexibility index (Phi) is 5.95. The highest BCUT2D eigenvalue weighted by Gasteiger charge is 2.34. The van der Waals surface area contributed by atoms with Crippen LogP contribution < -0.4 is 15.1 Å². The average molecular weight is 420 g/mol. The minimum absolute atomic E-state index is 0.0777. The van der Waals surface area contributed by atoms with Crippen LogP contribution in [0.4, 0.5) is 11.4 Å². The van der Waals surface area contributed by atoms with Crippen molar-refractivity contribution in [3.8, 4) is 0 Å². The van der Waals surface area contributed by atoms with E-state index in [0.29, 0.717) is 5.69 Å². The van der Waals surface area contributed by atoms with Gasteiger partial charge in [0.25, 0.3) is 11.8 Å². The number of carbonyl (C=O) groups excluding carboxylic acids is 2. The molecule has 2 heterocycles. The van der Waals surface area contributed by atoms with Crippen LogP contribution >= 0.6 is 12.2 Å². The highest BCUT2D eigenvalue weighted by molar-refractivity contribution is 7.80. The Hall–Kier alpha value is -2.99. The van der Waals surface area contributed by atoms with E-state index < -0.39 is 11.8 Å². The topological polar surface area (TPSA) is 52.7 Å². The summed E-state index contributed by atoms with van der Waals surface area (Å²) in [6, 6.07) is 15.6. The third kappa shape index (κ3) is 4.14. The van der Waals surface area contributed by atoms with Gasteiger partial charge < -0.3 is 4.90 Å². The predicted octanol–water partition coefficient (Wildman–Crippen LogP) is 4.07. The summed E-state index contributed by atoms with van der Waals surface area (Å²) in [5.74, 6) is -0.875. The van der Waals surface area contributed by atoms with Gasteiger partial charge in [-0.1, -0.05) is 31.2 Å². The lowest BCUT2D eigenvalue weighted by atomic mass is 10.1. The molecule has 0 saturated carbocycles. The zero-order chi connectivity index (χ0) is 21.1. The minimum Gasteiger partial charge on any atom is -0.372 e. The van der Waals surface area contributed by atoms with E-state index in [1.807, 2.05) is 36.4 Å². The van der Waals surface area contributed by atoms with E-state index in [-0.39, 0.29) is 10.7 Å². The van der Waals surface area contributed by atoms with E-state index in [1.54, 1.807) is 6.08 Å². The zero-order valence-electron chi connectivity index (χ0n) is 17.1. The van der Waals surface area contributed by atoms with Crippen molar-refractivity contribution in [2.75, 3.05) is 22.9 Å². The first-order chi connectivity index (χ1) is 14.6. The average Bonchev–Trinajstić information content (AvgIpc) is 2.78. The van der Waals surface area contributed by atoms with Gasteiger partial charge in [-0.25, -0.2) is 0 Å². The summed E-state index contributed by atoms with van der Waals surface area (Å²) in [5, 5.41) is 2.74. The largest absolute Gasteiger partial charge is 0.372 e. The maximum Gasteiger partial charge on any atom is 0.270 e. The Morgan fingerprint density at radius 2 is 1.57 bits per heavy atom. The number of nitrogens with one attached hydrogen (secondary N) is 1. The Morgan fingerprint density at radius 3 is 2.20 bits per heavy atom. The molecule has 0 unspecified atom stereocenters. The lowest BCUT2D eigenvalue weighted by molar-refractivity contribution is -0.122. The molecule has 0 aromatic heterocycles. The first-order valence-corrected chi connectivity index (χ1v) is 10.8. The Morgan fingerprint density at radius 1 is 0.933 bits per heavy atom. The second kappa shape index (κ2) is 8.79. The van der Waals surface area contributed by atoms with Gasteiger partial charge in [-0.15, -0.1) is 0 Å². The number of aryl methyl sites for hydroxylation is 1. The molecule has 0 bridgehead atoms. The van der Waals surface area contributed by atoms with Gasteiger partial charge in [0.15, 0.2) is 5.11 Å². The van der Waals surface area contributed by atoms with Gasteiger partial charge in [-0.05, 0) is 79.4 Å². The number of piperidine rings is 1. The molecule has 0 radical (unpaired) electrons. The van der Waals surface area contributed by atoms with Crippen LogP contribution in [0.25, 0.3) is 6.08 Å². The maximum atomic E-state index is 13.1.